The van der Waals surface area contributed by atoms with Crippen molar-refractivity contribution in [3.8, 4) is 0 Å². The Bertz CT molecular complexity index is 728. The van der Waals surface area contributed by atoms with Crippen molar-refractivity contribution in [2.24, 2.45) is 0 Å². The molecule has 0 radical (unpaired) electrons. The van der Waals surface area contributed by atoms with Crippen LogP contribution in [-0.2, 0) is 17.7 Å². The van der Waals surface area contributed by atoms with E-state index in [1.807, 2.05) is 18.2 Å². The van der Waals surface area contributed by atoms with Crippen molar-refractivity contribution in [1.29, 1.82) is 0 Å². The van der Waals surface area contributed by atoms with Gasteiger partial charge in [0.15, 0.2) is 0 Å². The number of aromatic nitrogens is 1. The van der Waals surface area contributed by atoms with Gasteiger partial charge in [0.1, 0.15) is 5.69 Å². The van der Waals surface area contributed by atoms with E-state index in [1.54, 1.807) is 11.0 Å². The molecule has 6 heteroatoms. The Morgan fingerprint density at radius 3 is 2.65 bits per heavy atom. The van der Waals surface area contributed by atoms with E-state index in [-0.39, 0.29) is 11.7 Å². The van der Waals surface area contributed by atoms with Crippen molar-refractivity contribution in [2.75, 3.05) is 19.0 Å². The Morgan fingerprint density at radius 2 is 1.96 bits per heavy atom. The summed E-state index contributed by atoms with van der Waals surface area (Å²) in [6, 6.07) is 11.1. The van der Waals surface area contributed by atoms with Gasteiger partial charge in [-0.1, -0.05) is 24.3 Å². The fraction of sp³-hybridized carbons (Fsp3) is 0.235. The molecule has 0 spiro atoms. The summed E-state index contributed by atoms with van der Waals surface area (Å²) in [5.41, 5.74) is 3.22. The van der Waals surface area contributed by atoms with Crippen molar-refractivity contribution in [1.82, 2.24) is 9.88 Å². The molecule has 1 N–H and O–H groups in total. The summed E-state index contributed by atoms with van der Waals surface area (Å²) < 4.78 is 4.59. The van der Waals surface area contributed by atoms with E-state index in [1.165, 1.54) is 30.5 Å². The minimum absolute atomic E-state index is 0.174. The normalized spacial score (nSPS) is 13.2. The fourth-order valence-electron chi connectivity index (χ4n) is 2.56. The second-order valence-corrected chi connectivity index (χ2v) is 5.29. The zero-order valence-corrected chi connectivity index (χ0v) is 12.8. The van der Waals surface area contributed by atoms with Crippen LogP contribution in [0.2, 0.25) is 0 Å². The van der Waals surface area contributed by atoms with Gasteiger partial charge in [0.2, 0.25) is 0 Å². The first-order valence-electron chi connectivity index (χ1n) is 7.34. The summed E-state index contributed by atoms with van der Waals surface area (Å²) in [5.74, 6) is -0.504. The highest BCUT2D eigenvalue weighted by Gasteiger charge is 2.20. The Balaban J connectivity index is 1.65. The molecule has 0 fully saturated rings. The fourth-order valence-corrected chi connectivity index (χ4v) is 2.56. The molecule has 23 heavy (non-hydrogen) atoms. The maximum Gasteiger partial charge on any atom is 0.356 e. The van der Waals surface area contributed by atoms with Gasteiger partial charge in [-0.3, -0.25) is 0 Å². The SMILES string of the molecule is COC(=O)c1ccc(NC(=O)N2CCc3ccccc3C2)cn1. The van der Waals surface area contributed by atoms with Crippen molar-refractivity contribution in [2.45, 2.75) is 13.0 Å². The monoisotopic (exact) mass is 311 g/mol. The largest absolute Gasteiger partial charge is 0.464 e. The van der Waals surface area contributed by atoms with Gasteiger partial charge in [0, 0.05) is 13.1 Å². The van der Waals surface area contributed by atoms with Crippen molar-refractivity contribution < 1.29 is 14.3 Å². The van der Waals surface area contributed by atoms with Crippen LogP contribution in [0, 0.1) is 0 Å². The molecule has 0 aliphatic carbocycles. The van der Waals surface area contributed by atoms with Gasteiger partial charge in [-0.25, -0.2) is 14.6 Å². The van der Waals surface area contributed by atoms with Gasteiger partial charge in [0.25, 0.3) is 0 Å². The Kier molecular flexibility index (Phi) is 4.23. The first kappa shape index (κ1) is 15.0. The molecule has 1 aromatic carbocycles. The lowest BCUT2D eigenvalue weighted by molar-refractivity contribution is 0.0594. The van der Waals surface area contributed by atoms with E-state index in [0.717, 1.165) is 6.42 Å². The number of hydrogen-bond acceptors (Lipinski definition) is 4. The summed E-state index contributed by atoms with van der Waals surface area (Å²) >= 11 is 0. The smallest absolute Gasteiger partial charge is 0.356 e. The number of esters is 1. The highest BCUT2D eigenvalue weighted by molar-refractivity contribution is 5.90. The number of hydrogen-bond donors (Lipinski definition) is 1. The minimum atomic E-state index is -0.504. The predicted octanol–water partition coefficient (Wildman–Crippen LogP) is 2.46. The van der Waals surface area contributed by atoms with Crippen LogP contribution in [0.1, 0.15) is 21.6 Å². The van der Waals surface area contributed by atoms with Gasteiger partial charge < -0.3 is 15.0 Å². The summed E-state index contributed by atoms with van der Waals surface area (Å²) in [4.78, 5) is 29.4. The minimum Gasteiger partial charge on any atom is -0.464 e. The van der Waals surface area contributed by atoms with Crippen LogP contribution >= 0.6 is 0 Å². The standard InChI is InChI=1S/C17H17N3O3/c1-23-16(21)15-7-6-14(10-18-15)19-17(22)20-9-8-12-4-2-3-5-13(12)11-20/h2-7,10H,8-9,11H2,1H3,(H,19,22). The summed E-state index contributed by atoms with van der Waals surface area (Å²) in [6.07, 6.45) is 2.30. The molecule has 0 saturated heterocycles. The summed E-state index contributed by atoms with van der Waals surface area (Å²) in [6.45, 7) is 1.27. The number of rotatable bonds is 2. The number of carbonyl (C=O) groups is 2. The summed E-state index contributed by atoms with van der Waals surface area (Å²) in [5, 5.41) is 2.80. The molecule has 0 atom stereocenters. The maximum atomic E-state index is 12.3. The molecule has 0 unspecified atom stereocenters. The quantitative estimate of drug-likeness (QED) is 0.865. The van der Waals surface area contributed by atoms with Crippen LogP contribution in [0.25, 0.3) is 0 Å². The Hall–Kier alpha value is -2.89. The maximum absolute atomic E-state index is 12.3. The number of fused-ring (bicyclic) bond motifs is 1. The molecule has 2 heterocycles. The molecule has 1 aliphatic heterocycles. The highest BCUT2D eigenvalue weighted by Crippen LogP contribution is 2.19. The number of benzene rings is 1. The zero-order valence-electron chi connectivity index (χ0n) is 12.8. The molecular formula is C17H17N3O3. The number of anilines is 1. The third-order valence-corrected chi connectivity index (χ3v) is 3.83. The van der Waals surface area contributed by atoms with Crippen molar-refractivity contribution >= 4 is 17.7 Å². The van der Waals surface area contributed by atoms with E-state index in [9.17, 15) is 9.59 Å². The van der Waals surface area contributed by atoms with Crippen LogP contribution in [0.5, 0.6) is 0 Å². The zero-order chi connectivity index (χ0) is 16.2. The number of urea groups is 1. The molecule has 6 nitrogen and oxygen atoms in total. The molecular weight excluding hydrogens is 294 g/mol. The lowest BCUT2D eigenvalue weighted by atomic mass is 10.0. The number of nitrogens with zero attached hydrogens (tertiary/aromatic N) is 2. The average Bonchev–Trinajstić information content (AvgIpc) is 2.61. The van der Waals surface area contributed by atoms with E-state index >= 15 is 0 Å². The van der Waals surface area contributed by atoms with Gasteiger partial charge in [-0.15, -0.1) is 0 Å². The Labute approximate surface area is 134 Å². The molecule has 0 bridgehead atoms. The van der Waals surface area contributed by atoms with Crippen LogP contribution in [-0.4, -0.2) is 35.5 Å². The molecule has 118 valence electrons. The van der Waals surface area contributed by atoms with Gasteiger partial charge in [-0.2, -0.15) is 0 Å². The lowest BCUT2D eigenvalue weighted by Crippen LogP contribution is -2.38. The second-order valence-electron chi connectivity index (χ2n) is 5.29. The first-order chi connectivity index (χ1) is 11.2. The summed E-state index contributed by atoms with van der Waals surface area (Å²) in [7, 11) is 1.30. The second kappa shape index (κ2) is 6.48. The Morgan fingerprint density at radius 1 is 1.17 bits per heavy atom. The number of amides is 2. The van der Waals surface area contributed by atoms with Crippen molar-refractivity contribution in [3.63, 3.8) is 0 Å². The van der Waals surface area contributed by atoms with E-state index in [4.69, 9.17) is 0 Å². The number of ether oxygens (including phenoxy) is 1. The van der Waals surface area contributed by atoms with E-state index in [0.29, 0.717) is 18.8 Å². The molecule has 2 amide bonds. The lowest BCUT2D eigenvalue weighted by Gasteiger charge is -2.28. The third kappa shape index (κ3) is 3.31. The number of pyridine rings is 1. The molecule has 3 rings (SSSR count). The van der Waals surface area contributed by atoms with Crippen LogP contribution in [0.3, 0.4) is 0 Å². The van der Waals surface area contributed by atoms with Gasteiger partial charge in [0.05, 0.1) is 19.0 Å². The van der Waals surface area contributed by atoms with Crippen LogP contribution in [0.15, 0.2) is 42.6 Å². The number of carbonyl (C=O) groups excluding carboxylic acids is 2. The predicted molar refractivity (Wildman–Crippen MR) is 85.2 cm³/mol. The van der Waals surface area contributed by atoms with E-state index < -0.39 is 5.97 Å². The molecule has 1 aromatic heterocycles. The number of nitrogens with one attached hydrogen (secondary N) is 1. The van der Waals surface area contributed by atoms with E-state index in [2.05, 4.69) is 21.1 Å². The van der Waals surface area contributed by atoms with Gasteiger partial charge in [-0.05, 0) is 29.7 Å². The third-order valence-electron chi connectivity index (χ3n) is 3.83. The van der Waals surface area contributed by atoms with Crippen molar-refractivity contribution in [3.05, 3.63) is 59.4 Å². The molecule has 2 aromatic rings. The average molecular weight is 311 g/mol. The topological polar surface area (TPSA) is 71.5 Å². The van der Waals surface area contributed by atoms with Crippen LogP contribution < -0.4 is 5.32 Å². The highest BCUT2D eigenvalue weighted by atomic mass is 16.5. The first-order valence-corrected chi connectivity index (χ1v) is 7.34. The number of methoxy groups -OCH3 is 1. The van der Waals surface area contributed by atoms with Crippen LogP contribution in [0.4, 0.5) is 10.5 Å². The molecule has 0 saturated carbocycles. The molecule has 1 aliphatic rings. The van der Waals surface area contributed by atoms with Gasteiger partial charge >= 0.3 is 12.0 Å².